The van der Waals surface area contributed by atoms with E-state index in [4.69, 9.17) is 4.74 Å². The predicted molar refractivity (Wildman–Crippen MR) is 86.4 cm³/mol. The number of carbonyl (C=O) groups excluding carboxylic acids is 2. The summed E-state index contributed by atoms with van der Waals surface area (Å²) in [7, 11) is 1.72. The lowest BCUT2D eigenvalue weighted by Gasteiger charge is -2.22. The molecule has 0 aliphatic carbocycles. The third-order valence-electron chi connectivity index (χ3n) is 3.40. The van der Waals surface area contributed by atoms with Crippen molar-refractivity contribution in [3.8, 4) is 5.75 Å². The van der Waals surface area contributed by atoms with Crippen LogP contribution in [-0.4, -0.2) is 24.8 Å². The van der Waals surface area contributed by atoms with E-state index in [1.54, 1.807) is 43.1 Å². The summed E-state index contributed by atoms with van der Waals surface area (Å²) >= 11 is 0. The molecule has 0 radical (unpaired) electrons. The Bertz CT molecular complexity index is 650. The van der Waals surface area contributed by atoms with E-state index in [1.165, 1.54) is 6.92 Å². The normalized spacial score (nSPS) is 11.6. The molecule has 22 heavy (non-hydrogen) atoms. The fraction of sp³-hybridized carbons (Fsp3) is 0.222. The van der Waals surface area contributed by atoms with E-state index < -0.39 is 6.10 Å². The molecule has 0 N–H and O–H groups in total. The molecule has 0 fully saturated rings. The number of ether oxygens (including phenoxy) is 1. The first-order valence-corrected chi connectivity index (χ1v) is 7.09. The molecule has 0 aliphatic heterocycles. The van der Waals surface area contributed by atoms with E-state index in [0.717, 1.165) is 5.69 Å². The Morgan fingerprint density at radius 1 is 1.00 bits per heavy atom. The Labute approximate surface area is 130 Å². The number of carbonyl (C=O) groups is 2. The monoisotopic (exact) mass is 297 g/mol. The van der Waals surface area contributed by atoms with Gasteiger partial charge in [-0.05, 0) is 50.2 Å². The lowest BCUT2D eigenvalue weighted by atomic mass is 10.1. The lowest BCUT2D eigenvalue weighted by molar-refractivity contribution is -0.124. The standard InChI is InChI=1S/C18H19NO3/c1-13(20)15-9-11-17(12-10-15)22-14(2)18(21)19(3)16-7-5-4-6-8-16/h4-12,14H,1-3H3/t14-/m0/s1. The highest BCUT2D eigenvalue weighted by Crippen LogP contribution is 2.17. The lowest BCUT2D eigenvalue weighted by Crippen LogP contribution is -2.37. The van der Waals surface area contributed by atoms with Crippen LogP contribution >= 0.6 is 0 Å². The summed E-state index contributed by atoms with van der Waals surface area (Å²) in [6.07, 6.45) is -0.617. The van der Waals surface area contributed by atoms with E-state index in [-0.39, 0.29) is 11.7 Å². The van der Waals surface area contributed by atoms with Gasteiger partial charge in [-0.25, -0.2) is 0 Å². The molecule has 4 nitrogen and oxygen atoms in total. The van der Waals surface area contributed by atoms with Crippen molar-refractivity contribution in [2.75, 3.05) is 11.9 Å². The van der Waals surface area contributed by atoms with Crippen LogP contribution in [-0.2, 0) is 4.79 Å². The second kappa shape index (κ2) is 6.89. The van der Waals surface area contributed by atoms with Gasteiger partial charge in [-0.3, -0.25) is 9.59 Å². The molecule has 0 saturated heterocycles. The van der Waals surface area contributed by atoms with Crippen LogP contribution < -0.4 is 9.64 Å². The average molecular weight is 297 g/mol. The molecule has 0 heterocycles. The fourth-order valence-electron chi connectivity index (χ4n) is 2.07. The van der Waals surface area contributed by atoms with Gasteiger partial charge in [0, 0.05) is 18.3 Å². The summed E-state index contributed by atoms with van der Waals surface area (Å²) < 4.78 is 5.65. The first-order chi connectivity index (χ1) is 10.5. The summed E-state index contributed by atoms with van der Waals surface area (Å²) in [6.45, 7) is 3.22. The number of hydrogen-bond acceptors (Lipinski definition) is 3. The first-order valence-electron chi connectivity index (χ1n) is 7.09. The fourth-order valence-corrected chi connectivity index (χ4v) is 2.07. The number of para-hydroxylation sites is 1. The number of ketones is 1. The average Bonchev–Trinajstić information content (AvgIpc) is 2.54. The van der Waals surface area contributed by atoms with E-state index in [1.807, 2.05) is 30.3 Å². The van der Waals surface area contributed by atoms with E-state index >= 15 is 0 Å². The van der Waals surface area contributed by atoms with Gasteiger partial charge in [0.15, 0.2) is 11.9 Å². The van der Waals surface area contributed by atoms with Gasteiger partial charge in [-0.15, -0.1) is 0 Å². The summed E-state index contributed by atoms with van der Waals surface area (Å²) in [6, 6.07) is 16.2. The van der Waals surface area contributed by atoms with E-state index in [2.05, 4.69) is 0 Å². The molecule has 2 aromatic rings. The number of rotatable bonds is 5. The number of anilines is 1. The second-order valence-electron chi connectivity index (χ2n) is 5.07. The highest BCUT2D eigenvalue weighted by atomic mass is 16.5. The van der Waals surface area contributed by atoms with Crippen LogP contribution in [0.5, 0.6) is 5.75 Å². The zero-order valence-electron chi connectivity index (χ0n) is 12.9. The minimum Gasteiger partial charge on any atom is -0.481 e. The number of amides is 1. The molecule has 0 spiro atoms. The van der Waals surface area contributed by atoms with Crippen molar-refractivity contribution < 1.29 is 14.3 Å². The van der Waals surface area contributed by atoms with Crippen molar-refractivity contribution in [1.29, 1.82) is 0 Å². The Balaban J connectivity index is 2.03. The molecule has 0 saturated carbocycles. The smallest absolute Gasteiger partial charge is 0.267 e. The maximum Gasteiger partial charge on any atom is 0.267 e. The number of likely N-dealkylation sites (N-methyl/N-ethyl adjacent to an activating group) is 1. The van der Waals surface area contributed by atoms with Crippen LogP contribution in [0.3, 0.4) is 0 Å². The van der Waals surface area contributed by atoms with Crippen molar-refractivity contribution in [2.45, 2.75) is 20.0 Å². The highest BCUT2D eigenvalue weighted by Gasteiger charge is 2.20. The Morgan fingerprint density at radius 2 is 1.59 bits per heavy atom. The topological polar surface area (TPSA) is 46.6 Å². The molecule has 2 rings (SSSR count). The molecular weight excluding hydrogens is 278 g/mol. The van der Waals surface area contributed by atoms with Crippen LogP contribution in [0.4, 0.5) is 5.69 Å². The minimum absolute atomic E-state index is 0.000476. The number of Topliss-reactive ketones (excluding diaryl/α,β-unsaturated/α-hetero) is 1. The molecule has 114 valence electrons. The molecule has 2 aromatic carbocycles. The molecule has 4 heteroatoms. The minimum atomic E-state index is -0.617. The molecule has 0 aromatic heterocycles. The zero-order valence-corrected chi connectivity index (χ0v) is 12.9. The largest absolute Gasteiger partial charge is 0.481 e. The third kappa shape index (κ3) is 3.73. The number of nitrogens with zero attached hydrogens (tertiary/aromatic N) is 1. The number of benzene rings is 2. The quantitative estimate of drug-likeness (QED) is 0.795. The summed E-state index contributed by atoms with van der Waals surface area (Å²) in [4.78, 5) is 25.2. The SMILES string of the molecule is CC(=O)c1ccc(O[C@@H](C)C(=O)N(C)c2ccccc2)cc1. The van der Waals surface area contributed by atoms with Crippen molar-refractivity contribution >= 4 is 17.4 Å². The molecular formula is C18H19NO3. The van der Waals surface area contributed by atoms with Crippen LogP contribution in [0.2, 0.25) is 0 Å². The van der Waals surface area contributed by atoms with E-state index in [0.29, 0.717) is 11.3 Å². The van der Waals surface area contributed by atoms with Gasteiger partial charge in [0.1, 0.15) is 5.75 Å². The molecule has 0 bridgehead atoms. The van der Waals surface area contributed by atoms with Gasteiger partial charge in [0.05, 0.1) is 0 Å². The molecule has 0 aliphatic rings. The van der Waals surface area contributed by atoms with Crippen LogP contribution in [0, 0.1) is 0 Å². The summed E-state index contributed by atoms with van der Waals surface area (Å²) in [5.41, 5.74) is 1.43. The van der Waals surface area contributed by atoms with Gasteiger partial charge >= 0.3 is 0 Å². The van der Waals surface area contributed by atoms with Gasteiger partial charge in [-0.2, -0.15) is 0 Å². The Morgan fingerprint density at radius 3 is 2.14 bits per heavy atom. The van der Waals surface area contributed by atoms with E-state index in [9.17, 15) is 9.59 Å². The predicted octanol–water partition coefficient (Wildman–Crippen LogP) is 3.32. The second-order valence-corrected chi connectivity index (χ2v) is 5.07. The van der Waals surface area contributed by atoms with Crippen molar-refractivity contribution in [3.05, 3.63) is 60.2 Å². The van der Waals surface area contributed by atoms with Crippen LogP contribution in [0.25, 0.3) is 0 Å². The van der Waals surface area contributed by atoms with Crippen LogP contribution in [0.1, 0.15) is 24.2 Å². The van der Waals surface area contributed by atoms with Gasteiger partial charge < -0.3 is 9.64 Å². The number of hydrogen-bond donors (Lipinski definition) is 0. The molecule has 1 amide bonds. The molecule has 0 unspecified atom stereocenters. The van der Waals surface area contributed by atoms with Gasteiger partial charge in [0.25, 0.3) is 5.91 Å². The summed E-state index contributed by atoms with van der Waals surface area (Å²) in [5, 5.41) is 0. The van der Waals surface area contributed by atoms with Crippen molar-refractivity contribution in [1.82, 2.24) is 0 Å². The van der Waals surface area contributed by atoms with Gasteiger partial charge in [0.2, 0.25) is 0 Å². The highest BCUT2D eigenvalue weighted by molar-refractivity contribution is 5.96. The zero-order chi connectivity index (χ0) is 16.1. The maximum atomic E-state index is 12.4. The van der Waals surface area contributed by atoms with Gasteiger partial charge in [-0.1, -0.05) is 18.2 Å². The van der Waals surface area contributed by atoms with Crippen molar-refractivity contribution in [2.24, 2.45) is 0 Å². The van der Waals surface area contributed by atoms with Crippen LogP contribution in [0.15, 0.2) is 54.6 Å². The first kappa shape index (κ1) is 15.8. The third-order valence-corrected chi connectivity index (χ3v) is 3.40. The summed E-state index contributed by atoms with van der Waals surface area (Å²) in [5.74, 6) is 0.425. The van der Waals surface area contributed by atoms with Crippen molar-refractivity contribution in [3.63, 3.8) is 0 Å². The maximum absolute atomic E-state index is 12.4. The Kier molecular flexibility index (Phi) is 4.94. The Hall–Kier alpha value is -2.62. The molecule has 1 atom stereocenters.